The first-order chi connectivity index (χ1) is 24.5. The first-order valence-electron chi connectivity index (χ1n) is 17.6. The van der Waals surface area contributed by atoms with Crippen LogP contribution >= 0.6 is 0 Å². The lowest BCUT2D eigenvalue weighted by molar-refractivity contribution is -0.153. The zero-order valence-electron chi connectivity index (χ0n) is 29.5. The third-order valence-corrected chi connectivity index (χ3v) is 12.9. The van der Waals surface area contributed by atoms with E-state index in [0.717, 1.165) is 43.3 Å². The Morgan fingerprint density at radius 1 is 1.08 bits per heavy atom. The van der Waals surface area contributed by atoms with E-state index in [-0.39, 0.29) is 57.0 Å². The largest absolute Gasteiger partial charge is 0.497 e. The molecular weight excluding hydrogens is 669 g/mol. The van der Waals surface area contributed by atoms with Gasteiger partial charge in [0, 0.05) is 42.9 Å². The first kappa shape index (κ1) is 34.9. The van der Waals surface area contributed by atoms with Crippen LogP contribution in [0.1, 0.15) is 63.1 Å². The third kappa shape index (κ3) is 5.83. The number of benzene rings is 2. The summed E-state index contributed by atoms with van der Waals surface area (Å²) < 4.78 is 40.5. The number of nitriles is 1. The average Bonchev–Trinajstić information content (AvgIpc) is 3.35. The van der Waals surface area contributed by atoms with Gasteiger partial charge in [-0.1, -0.05) is 0 Å². The number of methoxy groups -OCH3 is 1. The van der Waals surface area contributed by atoms with Crippen molar-refractivity contribution in [1.29, 1.82) is 5.26 Å². The van der Waals surface area contributed by atoms with Gasteiger partial charge in [0.15, 0.2) is 5.54 Å². The second kappa shape index (κ2) is 13.2. The van der Waals surface area contributed by atoms with Crippen molar-refractivity contribution in [2.45, 2.75) is 69.0 Å². The number of ether oxygens (including phenoxy) is 2. The molecule has 13 heteroatoms. The van der Waals surface area contributed by atoms with Gasteiger partial charge in [-0.3, -0.25) is 14.5 Å². The number of nitrogens with zero attached hydrogens (tertiary/aromatic N) is 5. The number of likely N-dealkylation sites (tertiary alicyclic amines) is 2. The van der Waals surface area contributed by atoms with E-state index in [1.54, 1.807) is 19.1 Å². The number of pyridine rings is 1. The van der Waals surface area contributed by atoms with E-state index in [2.05, 4.69) is 40.0 Å². The average molecular weight is 713 g/mol. The fourth-order valence-corrected chi connectivity index (χ4v) is 9.95. The number of hydrogen-bond acceptors (Lipinski definition) is 10. The van der Waals surface area contributed by atoms with Gasteiger partial charge in [-0.15, -0.1) is 0 Å². The molecule has 1 aliphatic carbocycles. The number of sulfonamides is 1. The van der Waals surface area contributed by atoms with Crippen LogP contribution in [0.2, 0.25) is 0 Å². The Bertz CT molecular complexity index is 1970. The normalized spacial score (nSPS) is 22.3. The van der Waals surface area contributed by atoms with Crippen LogP contribution < -0.4 is 19.1 Å². The number of carbonyl (C=O) groups is 2. The standard InChI is InChI=1S/C38H44N6O6S/c1-5-50-35-31(7-6-16-40-35)38(41-34(45)27-20-37(21-27)23-43(24-37)28-14-17-42(18-15-28)25(2)3)32-19-26(22-39)8-13-33(32)44(36(38)46)51(47,48)30-11-9-29(49-4)10-12-30/h6-13,16,19,25,27-28H,5,14-15,17-18,20-21,23-24H2,1-4H3,(H,41,45)/t38-/m1/s1. The van der Waals surface area contributed by atoms with E-state index in [4.69, 9.17) is 9.47 Å². The predicted molar refractivity (Wildman–Crippen MR) is 190 cm³/mol. The number of anilines is 1. The van der Waals surface area contributed by atoms with Gasteiger partial charge in [0.1, 0.15) is 5.75 Å². The first-order valence-corrected chi connectivity index (χ1v) is 19.1. The molecule has 0 unspecified atom stereocenters. The smallest absolute Gasteiger partial charge is 0.276 e. The van der Waals surface area contributed by atoms with E-state index >= 15 is 4.79 Å². The summed E-state index contributed by atoms with van der Waals surface area (Å²) in [5.74, 6) is -1.12. The van der Waals surface area contributed by atoms with Gasteiger partial charge in [-0.05, 0) is 120 Å². The number of rotatable bonds is 10. The molecule has 1 aromatic heterocycles. The van der Waals surface area contributed by atoms with Crippen LogP contribution in [0, 0.1) is 22.7 Å². The van der Waals surface area contributed by atoms with E-state index in [1.165, 1.54) is 55.8 Å². The fraction of sp³-hybridized carbons (Fsp3) is 0.474. The Morgan fingerprint density at radius 2 is 1.78 bits per heavy atom. The monoisotopic (exact) mass is 712 g/mol. The van der Waals surface area contributed by atoms with Crippen LogP contribution in [0.4, 0.5) is 5.69 Å². The van der Waals surface area contributed by atoms with E-state index in [0.29, 0.717) is 30.7 Å². The van der Waals surface area contributed by atoms with Crippen molar-refractivity contribution in [1.82, 2.24) is 20.1 Å². The third-order valence-electron chi connectivity index (χ3n) is 11.2. The Labute approximate surface area is 299 Å². The molecule has 1 saturated carbocycles. The highest BCUT2D eigenvalue weighted by molar-refractivity contribution is 7.93. The Hall–Kier alpha value is -4.51. The molecular formula is C38H44N6O6S. The van der Waals surface area contributed by atoms with Gasteiger partial charge in [-0.25, -0.2) is 13.4 Å². The number of fused-ring (bicyclic) bond motifs is 1. The summed E-state index contributed by atoms with van der Waals surface area (Å²) in [6.07, 6.45) is 5.16. The SMILES string of the molecule is CCOc1ncccc1[C@]1(NC(=O)C2CC3(C2)CN(C2CCN(C(C)C)CC2)C3)C(=O)N(S(=O)(=O)c2ccc(OC)cc2)c2ccc(C#N)cc21. The van der Waals surface area contributed by atoms with E-state index in [9.17, 15) is 18.5 Å². The van der Waals surface area contributed by atoms with Gasteiger partial charge < -0.3 is 19.7 Å². The number of nitrogens with one attached hydrogen (secondary N) is 1. The molecule has 3 fully saturated rings. The molecule has 1 atom stereocenters. The van der Waals surface area contributed by atoms with E-state index < -0.39 is 21.5 Å². The van der Waals surface area contributed by atoms with Gasteiger partial charge in [0.2, 0.25) is 11.8 Å². The van der Waals surface area contributed by atoms with Crippen molar-refractivity contribution in [3.05, 3.63) is 77.5 Å². The molecule has 1 spiro atoms. The molecule has 0 bridgehead atoms. The van der Waals surface area contributed by atoms with Gasteiger partial charge in [0.25, 0.3) is 15.9 Å². The van der Waals surface area contributed by atoms with Crippen molar-refractivity contribution in [3.8, 4) is 17.7 Å². The van der Waals surface area contributed by atoms with Crippen molar-refractivity contribution >= 4 is 27.5 Å². The van der Waals surface area contributed by atoms with Crippen LogP contribution in [0.15, 0.2) is 65.7 Å². The number of hydrogen-bond donors (Lipinski definition) is 1. The lowest BCUT2D eigenvalue weighted by Gasteiger charge is -2.61. The van der Waals surface area contributed by atoms with Crippen molar-refractivity contribution < 1.29 is 27.5 Å². The molecule has 7 rings (SSSR count). The summed E-state index contributed by atoms with van der Waals surface area (Å²) in [5.41, 5.74) is -1.42. The zero-order valence-corrected chi connectivity index (χ0v) is 30.3. The molecule has 3 aliphatic heterocycles. The molecule has 2 saturated heterocycles. The van der Waals surface area contributed by atoms with Crippen LogP contribution in [-0.4, -0.2) is 87.0 Å². The number of carbonyl (C=O) groups excluding carboxylic acids is 2. The highest BCUT2D eigenvalue weighted by atomic mass is 32.2. The minimum absolute atomic E-state index is 0.0321. The minimum atomic E-state index is -4.51. The number of aromatic nitrogens is 1. The predicted octanol–water partition coefficient (Wildman–Crippen LogP) is 4.04. The number of amides is 2. The van der Waals surface area contributed by atoms with Gasteiger partial charge in [0.05, 0.1) is 41.5 Å². The minimum Gasteiger partial charge on any atom is -0.497 e. The lowest BCUT2D eigenvalue weighted by Crippen LogP contribution is -2.68. The lowest BCUT2D eigenvalue weighted by atomic mass is 9.57. The summed E-state index contributed by atoms with van der Waals surface area (Å²) in [6, 6.07) is 16.5. The van der Waals surface area contributed by atoms with E-state index in [1.807, 2.05) is 0 Å². The second-order valence-corrected chi connectivity index (χ2v) is 16.3. The molecule has 1 N–H and O–H groups in total. The molecule has 268 valence electrons. The Kier molecular flexibility index (Phi) is 9.06. The van der Waals surface area contributed by atoms with Crippen molar-refractivity contribution in [3.63, 3.8) is 0 Å². The maximum Gasteiger partial charge on any atom is 0.276 e. The zero-order chi connectivity index (χ0) is 36.1. The summed E-state index contributed by atoms with van der Waals surface area (Å²) in [6.45, 7) is 10.6. The topological polar surface area (TPSA) is 145 Å². The molecule has 3 aromatic rings. The van der Waals surface area contributed by atoms with Crippen LogP contribution in [-0.2, 0) is 25.2 Å². The summed E-state index contributed by atoms with van der Waals surface area (Å²) in [5, 5.41) is 13.0. The Morgan fingerprint density at radius 3 is 2.41 bits per heavy atom. The molecule has 4 aliphatic rings. The fourth-order valence-electron chi connectivity index (χ4n) is 8.49. The van der Waals surface area contributed by atoms with Crippen molar-refractivity contribution in [2.75, 3.05) is 44.2 Å². The highest BCUT2D eigenvalue weighted by Gasteiger charge is 2.61. The molecule has 12 nitrogen and oxygen atoms in total. The summed E-state index contributed by atoms with van der Waals surface area (Å²) in [4.78, 5) is 38.7. The maximum absolute atomic E-state index is 15.1. The van der Waals surface area contributed by atoms with Crippen LogP contribution in [0.3, 0.4) is 0 Å². The number of piperidine rings is 1. The second-order valence-electron chi connectivity index (χ2n) is 14.5. The summed E-state index contributed by atoms with van der Waals surface area (Å²) in [7, 11) is -3.04. The van der Waals surface area contributed by atoms with Crippen molar-refractivity contribution in [2.24, 2.45) is 11.3 Å². The van der Waals surface area contributed by atoms with Crippen LogP contribution in [0.5, 0.6) is 11.6 Å². The molecule has 2 aromatic carbocycles. The molecule has 51 heavy (non-hydrogen) atoms. The van der Waals surface area contributed by atoms with Crippen LogP contribution in [0.25, 0.3) is 0 Å². The molecule has 4 heterocycles. The molecule has 2 amide bonds. The Balaban J connectivity index is 1.21. The van der Waals surface area contributed by atoms with Gasteiger partial charge in [-0.2, -0.15) is 9.57 Å². The summed E-state index contributed by atoms with van der Waals surface area (Å²) >= 11 is 0. The maximum atomic E-state index is 15.1. The molecule has 0 radical (unpaired) electrons. The highest BCUT2D eigenvalue weighted by Crippen LogP contribution is 2.54. The van der Waals surface area contributed by atoms with Gasteiger partial charge >= 0.3 is 0 Å². The quantitative estimate of drug-likeness (QED) is 0.327.